The zero-order valence-corrected chi connectivity index (χ0v) is 13.2. The molecule has 3 heteroatoms. The first-order valence-corrected chi connectivity index (χ1v) is 8.22. The van der Waals surface area contributed by atoms with Crippen LogP contribution in [0.5, 0.6) is 5.75 Å². The third-order valence-electron chi connectivity index (χ3n) is 4.28. The van der Waals surface area contributed by atoms with E-state index in [4.69, 9.17) is 4.74 Å². The quantitative estimate of drug-likeness (QED) is 0.826. The number of hydrogen-bond acceptors (Lipinski definition) is 3. The number of hydrogen-bond donors (Lipinski definition) is 0. The molecule has 116 valence electrons. The van der Waals surface area contributed by atoms with E-state index in [1.807, 2.05) is 31.5 Å². The van der Waals surface area contributed by atoms with Crippen LogP contribution in [0, 0.1) is 0 Å². The number of nitrogens with zero attached hydrogens (tertiary/aromatic N) is 2. The Morgan fingerprint density at radius 3 is 3.00 bits per heavy atom. The van der Waals surface area contributed by atoms with Gasteiger partial charge in [-0.2, -0.15) is 0 Å². The molecule has 1 aromatic carbocycles. The molecule has 1 aromatic heterocycles. The minimum absolute atomic E-state index is 0.484. The van der Waals surface area contributed by atoms with E-state index in [-0.39, 0.29) is 0 Å². The van der Waals surface area contributed by atoms with E-state index in [2.05, 4.69) is 34.1 Å². The molecule has 3 nitrogen and oxygen atoms in total. The first kappa shape index (κ1) is 15.0. The fraction of sp³-hybridized carbons (Fsp3) is 0.421. The zero-order valence-electron chi connectivity index (χ0n) is 13.2. The Balaban J connectivity index is 1.75. The van der Waals surface area contributed by atoms with Gasteiger partial charge >= 0.3 is 0 Å². The van der Waals surface area contributed by atoms with Crippen LogP contribution >= 0.6 is 0 Å². The number of ether oxygens (including phenoxy) is 1. The van der Waals surface area contributed by atoms with Gasteiger partial charge in [0.15, 0.2) is 0 Å². The summed E-state index contributed by atoms with van der Waals surface area (Å²) in [4.78, 5) is 6.87. The van der Waals surface area contributed by atoms with Gasteiger partial charge in [0.1, 0.15) is 5.75 Å². The summed E-state index contributed by atoms with van der Waals surface area (Å²) in [7, 11) is 0. The van der Waals surface area contributed by atoms with Crippen LogP contribution in [0.15, 0.2) is 48.8 Å². The van der Waals surface area contributed by atoms with E-state index in [1.54, 1.807) is 0 Å². The van der Waals surface area contributed by atoms with Crippen molar-refractivity contribution in [1.82, 2.24) is 9.88 Å². The van der Waals surface area contributed by atoms with E-state index in [1.165, 1.54) is 30.4 Å². The van der Waals surface area contributed by atoms with Crippen molar-refractivity contribution in [1.29, 1.82) is 0 Å². The van der Waals surface area contributed by atoms with Crippen LogP contribution < -0.4 is 4.74 Å². The van der Waals surface area contributed by atoms with Gasteiger partial charge in [-0.1, -0.05) is 24.6 Å². The zero-order chi connectivity index (χ0) is 15.2. The molecular formula is C19H24N2O. The smallest absolute Gasteiger partial charge is 0.119 e. The average Bonchev–Trinajstić information content (AvgIpc) is 2.57. The Bertz CT molecular complexity index is 585. The van der Waals surface area contributed by atoms with Gasteiger partial charge in [0, 0.05) is 25.0 Å². The van der Waals surface area contributed by atoms with Gasteiger partial charge in [0.05, 0.1) is 6.61 Å². The monoisotopic (exact) mass is 296 g/mol. The lowest BCUT2D eigenvalue weighted by Crippen LogP contribution is -2.32. The van der Waals surface area contributed by atoms with E-state index >= 15 is 0 Å². The van der Waals surface area contributed by atoms with Gasteiger partial charge in [-0.15, -0.1) is 0 Å². The molecule has 1 aliphatic rings. The third-order valence-corrected chi connectivity index (χ3v) is 4.28. The highest BCUT2D eigenvalue weighted by Crippen LogP contribution is 2.32. The summed E-state index contributed by atoms with van der Waals surface area (Å²) in [6.45, 7) is 4.86. The lowest BCUT2D eigenvalue weighted by molar-refractivity contribution is 0.140. The summed E-state index contributed by atoms with van der Waals surface area (Å²) in [6.07, 6.45) is 7.66. The number of aromatic nitrogens is 1. The van der Waals surface area contributed by atoms with E-state index in [0.717, 1.165) is 18.8 Å². The molecule has 2 heterocycles. The Kier molecular flexibility index (Phi) is 5.07. The number of likely N-dealkylation sites (tertiary alicyclic amines) is 1. The second-order valence-electron chi connectivity index (χ2n) is 5.85. The summed E-state index contributed by atoms with van der Waals surface area (Å²) in [5, 5.41) is 0. The van der Waals surface area contributed by atoms with Crippen molar-refractivity contribution in [2.24, 2.45) is 0 Å². The highest BCUT2D eigenvalue weighted by molar-refractivity contribution is 5.29. The first-order valence-electron chi connectivity index (χ1n) is 8.22. The Hall–Kier alpha value is -1.87. The van der Waals surface area contributed by atoms with Crippen LogP contribution in [0.25, 0.3) is 0 Å². The van der Waals surface area contributed by atoms with Crippen molar-refractivity contribution in [2.75, 3.05) is 13.2 Å². The van der Waals surface area contributed by atoms with Crippen molar-refractivity contribution in [3.05, 3.63) is 59.9 Å². The molecule has 1 saturated heterocycles. The normalized spacial score (nSPS) is 19.0. The third kappa shape index (κ3) is 3.66. The number of pyridine rings is 1. The fourth-order valence-corrected chi connectivity index (χ4v) is 3.27. The number of piperidine rings is 1. The van der Waals surface area contributed by atoms with Crippen molar-refractivity contribution in [3.63, 3.8) is 0 Å². The second-order valence-corrected chi connectivity index (χ2v) is 5.85. The molecule has 0 spiro atoms. The molecule has 0 radical (unpaired) electrons. The van der Waals surface area contributed by atoms with E-state index in [9.17, 15) is 0 Å². The van der Waals surface area contributed by atoms with Crippen LogP contribution in [-0.4, -0.2) is 23.0 Å². The van der Waals surface area contributed by atoms with E-state index in [0.29, 0.717) is 12.6 Å². The predicted molar refractivity (Wildman–Crippen MR) is 88.9 cm³/mol. The molecule has 0 aliphatic carbocycles. The largest absolute Gasteiger partial charge is 0.494 e. The van der Waals surface area contributed by atoms with E-state index < -0.39 is 0 Å². The molecule has 1 aliphatic heterocycles. The molecule has 3 rings (SSSR count). The lowest BCUT2D eigenvalue weighted by atomic mass is 9.96. The summed E-state index contributed by atoms with van der Waals surface area (Å²) >= 11 is 0. The Morgan fingerprint density at radius 1 is 1.23 bits per heavy atom. The summed E-state index contributed by atoms with van der Waals surface area (Å²) in [5.74, 6) is 0.968. The summed E-state index contributed by atoms with van der Waals surface area (Å²) in [5.41, 5.74) is 2.66. The maximum atomic E-state index is 5.62. The van der Waals surface area contributed by atoms with Crippen molar-refractivity contribution in [3.8, 4) is 5.75 Å². The molecule has 0 N–H and O–H groups in total. The van der Waals surface area contributed by atoms with Crippen LogP contribution in [0.4, 0.5) is 0 Å². The van der Waals surface area contributed by atoms with Gasteiger partial charge in [-0.05, 0) is 55.6 Å². The molecular weight excluding hydrogens is 272 g/mol. The van der Waals surface area contributed by atoms with Crippen molar-refractivity contribution >= 4 is 0 Å². The number of rotatable bonds is 5. The van der Waals surface area contributed by atoms with Crippen molar-refractivity contribution < 1.29 is 4.74 Å². The maximum absolute atomic E-state index is 5.62. The van der Waals surface area contributed by atoms with Gasteiger partial charge in [0.2, 0.25) is 0 Å². The highest BCUT2D eigenvalue weighted by atomic mass is 16.5. The molecule has 0 unspecified atom stereocenters. The van der Waals surface area contributed by atoms with Crippen LogP contribution in [-0.2, 0) is 6.54 Å². The minimum atomic E-state index is 0.484. The molecule has 1 fully saturated rings. The molecule has 0 amide bonds. The highest BCUT2D eigenvalue weighted by Gasteiger charge is 2.24. The van der Waals surface area contributed by atoms with Crippen LogP contribution in [0.3, 0.4) is 0 Å². The maximum Gasteiger partial charge on any atom is 0.119 e. The Morgan fingerprint density at radius 2 is 2.18 bits per heavy atom. The summed E-state index contributed by atoms with van der Waals surface area (Å²) in [6, 6.07) is 13.2. The molecule has 0 bridgehead atoms. The number of benzene rings is 1. The van der Waals surface area contributed by atoms with Crippen LogP contribution in [0.1, 0.15) is 43.4 Å². The fourth-order valence-electron chi connectivity index (χ4n) is 3.27. The topological polar surface area (TPSA) is 25.4 Å². The van der Waals surface area contributed by atoms with Gasteiger partial charge in [-0.25, -0.2) is 0 Å². The van der Waals surface area contributed by atoms with Crippen LogP contribution in [0.2, 0.25) is 0 Å². The first-order chi connectivity index (χ1) is 10.9. The summed E-state index contributed by atoms with van der Waals surface area (Å²) < 4.78 is 5.62. The van der Waals surface area contributed by atoms with Gasteiger partial charge < -0.3 is 4.74 Å². The average molecular weight is 296 g/mol. The molecule has 1 atom stereocenters. The SMILES string of the molecule is CCOc1cccc(CN2CCCC[C@H]2c2cccnc2)c1. The predicted octanol–water partition coefficient (Wildman–Crippen LogP) is 4.21. The minimum Gasteiger partial charge on any atom is -0.494 e. The molecule has 22 heavy (non-hydrogen) atoms. The molecule has 0 saturated carbocycles. The Labute approximate surface area is 132 Å². The van der Waals surface area contributed by atoms with Crippen molar-refractivity contribution in [2.45, 2.75) is 38.8 Å². The second kappa shape index (κ2) is 7.41. The standard InChI is InChI=1S/C19H24N2O/c1-2-22-18-9-5-7-16(13-18)15-21-12-4-3-10-19(21)17-8-6-11-20-14-17/h5-9,11,13-14,19H,2-4,10,12,15H2,1H3/t19-/m0/s1. The lowest BCUT2D eigenvalue weighted by Gasteiger charge is -2.36. The molecule has 2 aromatic rings. The van der Waals surface area contributed by atoms with Gasteiger partial charge in [-0.3, -0.25) is 9.88 Å². The van der Waals surface area contributed by atoms with Gasteiger partial charge in [0.25, 0.3) is 0 Å².